The first kappa shape index (κ1) is 10.2. The zero-order valence-corrected chi connectivity index (χ0v) is 8.25. The fourth-order valence-electron chi connectivity index (χ4n) is 1.32. The SMILES string of the molecule is Cc1nc(C(=O)O)c(C)c(C)c1C#N. The second-order valence-electron chi connectivity index (χ2n) is 3.09. The molecule has 0 amide bonds. The average Bonchev–Trinajstić information content (AvgIpc) is 2.12. The van der Waals surface area contributed by atoms with Crippen molar-refractivity contribution < 1.29 is 9.90 Å². The highest BCUT2D eigenvalue weighted by Crippen LogP contribution is 2.17. The summed E-state index contributed by atoms with van der Waals surface area (Å²) in [5.41, 5.74) is 2.21. The predicted molar refractivity (Wildman–Crippen MR) is 50.1 cm³/mol. The van der Waals surface area contributed by atoms with Crippen LogP contribution >= 0.6 is 0 Å². The summed E-state index contributed by atoms with van der Waals surface area (Å²) in [6.45, 7) is 5.03. The summed E-state index contributed by atoms with van der Waals surface area (Å²) in [4.78, 5) is 14.7. The Labute approximate surface area is 81.8 Å². The molecule has 0 saturated heterocycles. The molecule has 1 N–H and O–H groups in total. The molecule has 1 aromatic heterocycles. The molecule has 1 heterocycles. The van der Waals surface area contributed by atoms with Crippen molar-refractivity contribution in [1.29, 1.82) is 5.26 Å². The van der Waals surface area contributed by atoms with E-state index in [1.54, 1.807) is 20.8 Å². The molecular formula is C10H10N2O2. The number of nitriles is 1. The third kappa shape index (κ3) is 1.44. The van der Waals surface area contributed by atoms with Crippen LogP contribution in [0, 0.1) is 32.1 Å². The number of carbonyl (C=O) groups is 1. The van der Waals surface area contributed by atoms with Gasteiger partial charge in [0.15, 0.2) is 5.69 Å². The Bertz CT molecular complexity index is 444. The van der Waals surface area contributed by atoms with Gasteiger partial charge in [-0.15, -0.1) is 0 Å². The van der Waals surface area contributed by atoms with Gasteiger partial charge >= 0.3 is 5.97 Å². The summed E-state index contributed by atoms with van der Waals surface area (Å²) in [6.07, 6.45) is 0. The van der Waals surface area contributed by atoms with Crippen LogP contribution in [0.1, 0.15) is 32.9 Å². The van der Waals surface area contributed by atoms with Gasteiger partial charge in [-0.3, -0.25) is 0 Å². The van der Waals surface area contributed by atoms with Gasteiger partial charge in [-0.1, -0.05) is 0 Å². The van der Waals surface area contributed by atoms with Crippen LogP contribution in [-0.2, 0) is 0 Å². The van der Waals surface area contributed by atoms with E-state index in [1.165, 1.54) is 0 Å². The molecule has 0 atom stereocenters. The lowest BCUT2D eigenvalue weighted by atomic mass is 10.0. The number of aromatic carboxylic acids is 1. The smallest absolute Gasteiger partial charge is 0.354 e. The normalized spacial score (nSPS) is 9.57. The maximum Gasteiger partial charge on any atom is 0.354 e. The van der Waals surface area contributed by atoms with Gasteiger partial charge in [0.1, 0.15) is 6.07 Å². The Morgan fingerprint density at radius 1 is 1.36 bits per heavy atom. The molecule has 0 aromatic carbocycles. The molecule has 0 aliphatic rings. The van der Waals surface area contributed by atoms with Crippen LogP contribution in [-0.4, -0.2) is 16.1 Å². The number of aryl methyl sites for hydroxylation is 1. The molecule has 4 heteroatoms. The molecule has 0 radical (unpaired) electrons. The molecular weight excluding hydrogens is 180 g/mol. The zero-order valence-electron chi connectivity index (χ0n) is 8.25. The van der Waals surface area contributed by atoms with Gasteiger partial charge < -0.3 is 5.11 Å². The summed E-state index contributed by atoms with van der Waals surface area (Å²) < 4.78 is 0. The van der Waals surface area contributed by atoms with E-state index in [9.17, 15) is 4.79 Å². The molecule has 14 heavy (non-hydrogen) atoms. The van der Waals surface area contributed by atoms with E-state index in [0.29, 0.717) is 22.4 Å². The summed E-state index contributed by atoms with van der Waals surface area (Å²) in [6, 6.07) is 2.02. The van der Waals surface area contributed by atoms with Crippen LogP contribution in [0.3, 0.4) is 0 Å². The van der Waals surface area contributed by atoms with Crippen LogP contribution < -0.4 is 0 Å². The Balaban J connectivity index is 3.58. The predicted octanol–water partition coefficient (Wildman–Crippen LogP) is 1.58. The number of nitrogens with zero attached hydrogens (tertiary/aromatic N) is 2. The van der Waals surface area contributed by atoms with Gasteiger partial charge in [0.25, 0.3) is 0 Å². The summed E-state index contributed by atoms with van der Waals surface area (Å²) in [7, 11) is 0. The standard InChI is InChI=1S/C10H10N2O2/c1-5-6(2)9(10(13)14)12-7(3)8(5)4-11/h1-3H3,(H,13,14). The molecule has 4 nitrogen and oxygen atoms in total. The molecule has 0 unspecified atom stereocenters. The zero-order chi connectivity index (χ0) is 10.9. The Hall–Kier alpha value is -1.89. The first-order chi connectivity index (χ1) is 6.49. The number of aromatic nitrogens is 1. The van der Waals surface area contributed by atoms with Crippen molar-refractivity contribution in [3.05, 3.63) is 28.1 Å². The van der Waals surface area contributed by atoms with Crippen LogP contribution in [0.15, 0.2) is 0 Å². The lowest BCUT2D eigenvalue weighted by Crippen LogP contribution is -2.08. The Morgan fingerprint density at radius 3 is 2.36 bits per heavy atom. The van der Waals surface area contributed by atoms with Gasteiger partial charge in [-0.25, -0.2) is 9.78 Å². The van der Waals surface area contributed by atoms with Crippen molar-refractivity contribution in [2.45, 2.75) is 20.8 Å². The van der Waals surface area contributed by atoms with Gasteiger partial charge in [0.2, 0.25) is 0 Å². The molecule has 0 bridgehead atoms. The van der Waals surface area contributed by atoms with Gasteiger partial charge in [0, 0.05) is 0 Å². The number of carboxylic acids is 1. The Morgan fingerprint density at radius 2 is 1.93 bits per heavy atom. The molecule has 0 aliphatic carbocycles. The van der Waals surface area contributed by atoms with E-state index in [0.717, 1.165) is 0 Å². The summed E-state index contributed by atoms with van der Waals surface area (Å²) >= 11 is 0. The number of rotatable bonds is 1. The summed E-state index contributed by atoms with van der Waals surface area (Å²) in [5.74, 6) is -1.06. The second-order valence-corrected chi connectivity index (χ2v) is 3.09. The first-order valence-corrected chi connectivity index (χ1v) is 4.10. The summed E-state index contributed by atoms with van der Waals surface area (Å²) in [5, 5.41) is 17.6. The number of carboxylic acid groups (broad SMARTS) is 1. The van der Waals surface area contributed by atoms with Crippen molar-refractivity contribution in [3.63, 3.8) is 0 Å². The minimum absolute atomic E-state index is 0.0269. The maximum absolute atomic E-state index is 10.8. The molecule has 0 aliphatic heterocycles. The number of hydrogen-bond donors (Lipinski definition) is 1. The highest BCUT2D eigenvalue weighted by Gasteiger charge is 2.15. The van der Waals surface area contributed by atoms with E-state index in [2.05, 4.69) is 4.98 Å². The first-order valence-electron chi connectivity index (χ1n) is 4.10. The van der Waals surface area contributed by atoms with Crippen molar-refractivity contribution in [1.82, 2.24) is 4.98 Å². The number of hydrogen-bond acceptors (Lipinski definition) is 3. The van der Waals surface area contributed by atoms with E-state index >= 15 is 0 Å². The average molecular weight is 190 g/mol. The van der Waals surface area contributed by atoms with Crippen molar-refractivity contribution >= 4 is 5.97 Å². The van der Waals surface area contributed by atoms with Gasteiger partial charge in [-0.2, -0.15) is 5.26 Å². The van der Waals surface area contributed by atoms with Crippen LogP contribution in [0.2, 0.25) is 0 Å². The van der Waals surface area contributed by atoms with E-state index < -0.39 is 5.97 Å². The fraction of sp³-hybridized carbons (Fsp3) is 0.300. The maximum atomic E-state index is 10.8. The van der Waals surface area contributed by atoms with Crippen molar-refractivity contribution in [3.8, 4) is 6.07 Å². The molecule has 1 aromatic rings. The highest BCUT2D eigenvalue weighted by molar-refractivity contribution is 5.87. The van der Waals surface area contributed by atoms with Crippen LogP contribution in [0.5, 0.6) is 0 Å². The Kier molecular flexibility index (Phi) is 2.52. The number of pyridine rings is 1. The largest absolute Gasteiger partial charge is 0.477 e. The van der Waals surface area contributed by atoms with E-state index in [-0.39, 0.29) is 5.69 Å². The quantitative estimate of drug-likeness (QED) is 0.729. The van der Waals surface area contributed by atoms with Crippen LogP contribution in [0.25, 0.3) is 0 Å². The third-order valence-electron chi connectivity index (χ3n) is 2.25. The van der Waals surface area contributed by atoms with E-state index in [1.807, 2.05) is 6.07 Å². The molecule has 0 fully saturated rings. The molecule has 1 rings (SSSR count). The monoisotopic (exact) mass is 190 g/mol. The van der Waals surface area contributed by atoms with E-state index in [4.69, 9.17) is 10.4 Å². The third-order valence-corrected chi connectivity index (χ3v) is 2.25. The highest BCUT2D eigenvalue weighted by atomic mass is 16.4. The van der Waals surface area contributed by atoms with Crippen LogP contribution in [0.4, 0.5) is 0 Å². The molecule has 0 saturated carbocycles. The van der Waals surface area contributed by atoms with Crippen molar-refractivity contribution in [2.75, 3.05) is 0 Å². The molecule has 72 valence electrons. The lowest BCUT2D eigenvalue weighted by molar-refractivity contribution is 0.0689. The minimum atomic E-state index is -1.06. The lowest BCUT2D eigenvalue weighted by Gasteiger charge is -2.08. The van der Waals surface area contributed by atoms with Gasteiger partial charge in [0.05, 0.1) is 11.3 Å². The minimum Gasteiger partial charge on any atom is -0.477 e. The van der Waals surface area contributed by atoms with Gasteiger partial charge in [-0.05, 0) is 31.9 Å². The molecule has 0 spiro atoms. The fourth-order valence-corrected chi connectivity index (χ4v) is 1.32. The second kappa shape index (κ2) is 3.46. The topological polar surface area (TPSA) is 74.0 Å². The van der Waals surface area contributed by atoms with Crippen molar-refractivity contribution in [2.24, 2.45) is 0 Å².